The zero-order valence-corrected chi connectivity index (χ0v) is 17.0. The highest BCUT2D eigenvalue weighted by molar-refractivity contribution is 7.11. The summed E-state index contributed by atoms with van der Waals surface area (Å²) in [5.41, 5.74) is 3.43. The third kappa shape index (κ3) is 4.78. The molecule has 0 amide bonds. The summed E-state index contributed by atoms with van der Waals surface area (Å²) in [6.07, 6.45) is -3.22. The Hall–Kier alpha value is -2.82. The first-order chi connectivity index (χ1) is 13.7. The van der Waals surface area contributed by atoms with Crippen molar-refractivity contribution in [3.63, 3.8) is 0 Å². The Morgan fingerprint density at radius 1 is 1.17 bits per heavy atom. The van der Waals surface area contributed by atoms with Gasteiger partial charge in [0.1, 0.15) is 16.6 Å². The van der Waals surface area contributed by atoms with Gasteiger partial charge >= 0.3 is 6.18 Å². The van der Waals surface area contributed by atoms with Gasteiger partial charge in [0, 0.05) is 22.8 Å². The Bertz CT molecular complexity index is 1130. The van der Waals surface area contributed by atoms with Crippen LogP contribution in [-0.2, 0) is 6.18 Å². The highest BCUT2D eigenvalue weighted by Crippen LogP contribution is 2.36. The van der Waals surface area contributed by atoms with Crippen molar-refractivity contribution in [2.75, 3.05) is 5.32 Å². The Kier molecular flexibility index (Phi) is 5.96. The quantitative estimate of drug-likeness (QED) is 0.447. The van der Waals surface area contributed by atoms with Crippen molar-refractivity contribution < 1.29 is 13.2 Å². The van der Waals surface area contributed by atoms with Gasteiger partial charge < -0.3 is 5.32 Å². The van der Waals surface area contributed by atoms with Gasteiger partial charge in [0.15, 0.2) is 0 Å². The summed E-state index contributed by atoms with van der Waals surface area (Å²) >= 11 is 6.91. The summed E-state index contributed by atoms with van der Waals surface area (Å²) in [5.74, 6) is 0. The topological polar surface area (TPSA) is 48.7 Å². The van der Waals surface area contributed by atoms with Gasteiger partial charge in [-0.15, -0.1) is 11.3 Å². The molecule has 3 rings (SSSR count). The third-order valence-electron chi connectivity index (χ3n) is 4.31. The maximum Gasteiger partial charge on any atom is 0.417 e. The lowest BCUT2D eigenvalue weighted by Crippen LogP contribution is -2.06. The van der Waals surface area contributed by atoms with Crippen LogP contribution in [0.2, 0.25) is 5.02 Å². The Morgan fingerprint density at radius 3 is 2.59 bits per heavy atom. The number of hydrogen-bond acceptors (Lipinski definition) is 4. The van der Waals surface area contributed by atoms with Crippen molar-refractivity contribution in [3.05, 3.63) is 74.7 Å². The predicted octanol–water partition coefficient (Wildman–Crippen LogP) is 7.08. The molecule has 29 heavy (non-hydrogen) atoms. The molecule has 3 aromatic rings. The lowest BCUT2D eigenvalue weighted by molar-refractivity contribution is -0.137. The van der Waals surface area contributed by atoms with Crippen LogP contribution in [0, 0.1) is 25.2 Å². The normalized spacial score (nSPS) is 12.0. The zero-order valence-electron chi connectivity index (χ0n) is 15.4. The van der Waals surface area contributed by atoms with Gasteiger partial charge in [0.2, 0.25) is 0 Å². The second-order valence-electron chi connectivity index (χ2n) is 6.34. The maximum atomic E-state index is 13.0. The molecule has 1 N–H and O–H groups in total. The minimum atomic E-state index is -4.56. The number of thiazole rings is 1. The van der Waals surface area contributed by atoms with Crippen LogP contribution in [0.15, 0.2) is 48.0 Å². The van der Waals surface area contributed by atoms with Crippen LogP contribution in [0.5, 0.6) is 0 Å². The first-order valence-corrected chi connectivity index (χ1v) is 9.72. The monoisotopic (exact) mass is 433 g/mol. The molecule has 2 aromatic carbocycles. The van der Waals surface area contributed by atoms with Crippen LogP contribution in [0.25, 0.3) is 16.8 Å². The highest BCUT2D eigenvalue weighted by Gasteiger charge is 2.33. The van der Waals surface area contributed by atoms with Crippen molar-refractivity contribution in [2.24, 2.45) is 0 Å². The number of anilines is 1. The van der Waals surface area contributed by atoms with Gasteiger partial charge in [0.05, 0.1) is 16.3 Å². The smallest absolute Gasteiger partial charge is 0.360 e. The first kappa shape index (κ1) is 20.9. The fourth-order valence-electron chi connectivity index (χ4n) is 2.56. The second kappa shape index (κ2) is 8.27. The standard InChI is InChI=1S/C21H15ClF3N3S/c1-12-3-4-14(7-13(12)2)19-11-29-20(28-19)15(9-26)10-27-16-5-6-18(22)17(8-16)21(23,24)25/h3-8,10-11,27H,1-2H3/b15-10-. The molecule has 1 aromatic heterocycles. The molecule has 0 saturated heterocycles. The minimum absolute atomic E-state index is 0.167. The third-order valence-corrected chi connectivity index (χ3v) is 5.52. The molecule has 0 aliphatic heterocycles. The molecule has 0 unspecified atom stereocenters. The number of nitrogens with one attached hydrogen (secondary N) is 1. The van der Waals surface area contributed by atoms with Crippen LogP contribution >= 0.6 is 22.9 Å². The average molecular weight is 434 g/mol. The summed E-state index contributed by atoms with van der Waals surface area (Å²) in [6.45, 7) is 4.03. The number of aromatic nitrogens is 1. The SMILES string of the molecule is Cc1ccc(-c2csc(/C(C#N)=C\Nc3ccc(Cl)c(C(F)(F)F)c3)n2)cc1C. The van der Waals surface area contributed by atoms with E-state index in [4.69, 9.17) is 11.6 Å². The Balaban J connectivity index is 1.85. The van der Waals surface area contributed by atoms with Gasteiger partial charge in [-0.25, -0.2) is 4.98 Å². The van der Waals surface area contributed by atoms with Crippen molar-refractivity contribution >= 4 is 34.2 Å². The predicted molar refractivity (Wildman–Crippen MR) is 111 cm³/mol. The van der Waals surface area contributed by atoms with E-state index in [0.717, 1.165) is 29.0 Å². The number of aryl methyl sites for hydroxylation is 2. The Morgan fingerprint density at radius 2 is 1.93 bits per heavy atom. The van der Waals surface area contributed by atoms with Crippen molar-refractivity contribution in [1.29, 1.82) is 5.26 Å². The zero-order chi connectivity index (χ0) is 21.2. The van der Waals surface area contributed by atoms with E-state index < -0.39 is 11.7 Å². The molecular formula is C21H15ClF3N3S. The number of nitrogens with zero attached hydrogens (tertiary/aromatic N) is 2. The lowest BCUT2D eigenvalue weighted by atomic mass is 10.1. The largest absolute Gasteiger partial charge is 0.417 e. The number of halogens is 4. The number of hydrogen-bond donors (Lipinski definition) is 1. The summed E-state index contributed by atoms with van der Waals surface area (Å²) in [6, 6.07) is 11.5. The van der Waals surface area contributed by atoms with Crippen LogP contribution in [0.3, 0.4) is 0 Å². The maximum absolute atomic E-state index is 13.0. The fourth-order valence-corrected chi connectivity index (χ4v) is 3.58. The van der Waals surface area contributed by atoms with E-state index in [1.807, 2.05) is 43.5 Å². The second-order valence-corrected chi connectivity index (χ2v) is 7.61. The van der Waals surface area contributed by atoms with Gasteiger partial charge in [0.25, 0.3) is 0 Å². The van der Waals surface area contributed by atoms with E-state index in [1.54, 1.807) is 0 Å². The van der Waals surface area contributed by atoms with Crippen molar-refractivity contribution in [2.45, 2.75) is 20.0 Å². The molecule has 0 aliphatic carbocycles. The van der Waals surface area contributed by atoms with Crippen LogP contribution in [0.1, 0.15) is 21.7 Å². The fraction of sp³-hybridized carbons (Fsp3) is 0.143. The van der Waals surface area contributed by atoms with Crippen LogP contribution in [0.4, 0.5) is 18.9 Å². The molecule has 0 spiro atoms. The lowest BCUT2D eigenvalue weighted by Gasteiger charge is -2.10. The highest BCUT2D eigenvalue weighted by atomic mass is 35.5. The average Bonchev–Trinajstić information content (AvgIpc) is 3.15. The van der Waals surface area contributed by atoms with Crippen LogP contribution < -0.4 is 5.32 Å². The molecule has 0 saturated carbocycles. The number of allylic oxidation sites excluding steroid dienone is 1. The van der Waals surface area contributed by atoms with Gasteiger partial charge in [-0.2, -0.15) is 18.4 Å². The molecular weight excluding hydrogens is 419 g/mol. The number of alkyl halides is 3. The van der Waals surface area contributed by atoms with E-state index in [-0.39, 0.29) is 16.3 Å². The van der Waals surface area contributed by atoms with Crippen molar-refractivity contribution in [3.8, 4) is 17.3 Å². The first-order valence-electron chi connectivity index (χ1n) is 8.46. The van der Waals surface area contributed by atoms with Crippen molar-refractivity contribution in [1.82, 2.24) is 4.98 Å². The van der Waals surface area contributed by atoms with E-state index in [2.05, 4.69) is 10.3 Å². The van der Waals surface area contributed by atoms with Crippen LogP contribution in [-0.4, -0.2) is 4.98 Å². The summed E-state index contributed by atoms with van der Waals surface area (Å²) in [7, 11) is 0. The summed E-state index contributed by atoms with van der Waals surface area (Å²) in [5, 5.41) is 14.1. The van der Waals surface area contributed by atoms with Gasteiger partial charge in [-0.1, -0.05) is 23.7 Å². The van der Waals surface area contributed by atoms with E-state index in [1.165, 1.54) is 29.2 Å². The number of rotatable bonds is 4. The molecule has 0 aliphatic rings. The molecule has 0 radical (unpaired) electrons. The van der Waals surface area contributed by atoms with E-state index in [9.17, 15) is 18.4 Å². The van der Waals surface area contributed by atoms with E-state index >= 15 is 0 Å². The molecule has 8 heteroatoms. The molecule has 0 bridgehead atoms. The molecule has 148 valence electrons. The van der Waals surface area contributed by atoms with Gasteiger partial charge in [-0.3, -0.25) is 0 Å². The Labute approximate surface area is 175 Å². The molecule has 1 heterocycles. The summed E-state index contributed by atoms with van der Waals surface area (Å²) < 4.78 is 39.0. The number of nitriles is 1. The van der Waals surface area contributed by atoms with E-state index in [0.29, 0.717) is 5.01 Å². The molecule has 0 atom stereocenters. The molecule has 0 fully saturated rings. The number of benzene rings is 2. The minimum Gasteiger partial charge on any atom is -0.360 e. The van der Waals surface area contributed by atoms with Gasteiger partial charge in [-0.05, 0) is 49.2 Å². The molecule has 3 nitrogen and oxygen atoms in total. The summed E-state index contributed by atoms with van der Waals surface area (Å²) in [4.78, 5) is 4.49.